The molecule has 5 heteroatoms. The minimum absolute atomic E-state index is 0.0857. The van der Waals surface area contributed by atoms with Crippen molar-refractivity contribution in [1.82, 2.24) is 5.32 Å². The second kappa shape index (κ2) is 11.9. The first-order valence-electron chi connectivity index (χ1n) is 8.14. The summed E-state index contributed by atoms with van der Waals surface area (Å²) in [7, 11) is 3.30. The van der Waals surface area contributed by atoms with Gasteiger partial charge < -0.3 is 19.5 Å². The molecule has 0 radical (unpaired) electrons. The van der Waals surface area contributed by atoms with Crippen molar-refractivity contribution in [3.8, 4) is 5.75 Å². The lowest BCUT2D eigenvalue weighted by molar-refractivity contribution is -0.122. The van der Waals surface area contributed by atoms with Gasteiger partial charge in [-0.05, 0) is 43.9 Å². The van der Waals surface area contributed by atoms with E-state index in [1.54, 1.807) is 14.2 Å². The van der Waals surface area contributed by atoms with Crippen molar-refractivity contribution >= 4 is 5.91 Å². The number of ether oxygens (including phenoxy) is 3. The average Bonchev–Trinajstić information content (AvgIpc) is 2.56. The van der Waals surface area contributed by atoms with Gasteiger partial charge in [-0.3, -0.25) is 4.79 Å². The number of rotatable bonds is 12. The van der Waals surface area contributed by atoms with E-state index in [4.69, 9.17) is 14.2 Å². The van der Waals surface area contributed by atoms with Crippen molar-refractivity contribution in [3.05, 3.63) is 29.8 Å². The molecule has 0 fully saturated rings. The highest BCUT2D eigenvalue weighted by atomic mass is 16.5. The van der Waals surface area contributed by atoms with Crippen LogP contribution in [0.15, 0.2) is 24.3 Å². The highest BCUT2D eigenvalue weighted by Crippen LogP contribution is 2.13. The van der Waals surface area contributed by atoms with Crippen molar-refractivity contribution in [2.75, 3.05) is 34.0 Å². The van der Waals surface area contributed by atoms with Crippen LogP contribution in [0.1, 0.15) is 31.7 Å². The predicted molar refractivity (Wildman–Crippen MR) is 90.8 cm³/mol. The van der Waals surface area contributed by atoms with Gasteiger partial charge in [0.1, 0.15) is 5.75 Å². The number of methoxy groups -OCH3 is 2. The lowest BCUT2D eigenvalue weighted by atomic mass is 10.1. The molecule has 0 aliphatic rings. The Morgan fingerprint density at radius 2 is 1.87 bits per heavy atom. The van der Waals surface area contributed by atoms with Crippen LogP contribution in [0.3, 0.4) is 0 Å². The van der Waals surface area contributed by atoms with Gasteiger partial charge in [-0.2, -0.15) is 0 Å². The Morgan fingerprint density at radius 3 is 2.52 bits per heavy atom. The molecule has 0 aliphatic carbocycles. The first-order valence-corrected chi connectivity index (χ1v) is 8.14. The Kier molecular flexibility index (Phi) is 10.1. The van der Waals surface area contributed by atoms with E-state index in [1.165, 1.54) is 5.56 Å². The predicted octanol–water partition coefficient (Wildman–Crippen LogP) is 2.58. The van der Waals surface area contributed by atoms with Gasteiger partial charge in [-0.25, -0.2) is 0 Å². The SMILES string of the molecule is COCCOCCCC(=O)N[C@@H](C)CCc1ccc(OC)cc1. The molecule has 1 amide bonds. The summed E-state index contributed by atoms with van der Waals surface area (Å²) in [6, 6.07) is 8.21. The van der Waals surface area contributed by atoms with Crippen LogP contribution in [0.4, 0.5) is 0 Å². The molecule has 1 aromatic rings. The first kappa shape index (κ1) is 19.5. The topological polar surface area (TPSA) is 56.8 Å². The summed E-state index contributed by atoms with van der Waals surface area (Å²) in [4.78, 5) is 11.8. The fraction of sp³-hybridized carbons (Fsp3) is 0.611. The summed E-state index contributed by atoms with van der Waals surface area (Å²) in [5.74, 6) is 0.949. The second-order valence-electron chi connectivity index (χ2n) is 5.56. The fourth-order valence-electron chi connectivity index (χ4n) is 2.17. The monoisotopic (exact) mass is 323 g/mol. The molecule has 1 aromatic carbocycles. The Bertz CT molecular complexity index is 433. The molecule has 23 heavy (non-hydrogen) atoms. The lowest BCUT2D eigenvalue weighted by Gasteiger charge is -2.14. The highest BCUT2D eigenvalue weighted by Gasteiger charge is 2.07. The van der Waals surface area contributed by atoms with Crippen LogP contribution in [0.5, 0.6) is 5.75 Å². The molecule has 0 saturated heterocycles. The average molecular weight is 323 g/mol. The molecule has 0 saturated carbocycles. The smallest absolute Gasteiger partial charge is 0.220 e. The Hall–Kier alpha value is -1.59. The number of carbonyl (C=O) groups excluding carboxylic acids is 1. The molecule has 5 nitrogen and oxygen atoms in total. The third-order valence-corrected chi connectivity index (χ3v) is 3.56. The van der Waals surface area contributed by atoms with E-state index < -0.39 is 0 Å². The van der Waals surface area contributed by atoms with E-state index in [0.29, 0.717) is 26.2 Å². The molecule has 1 rings (SSSR count). The molecular formula is C18H29NO4. The third-order valence-electron chi connectivity index (χ3n) is 3.56. The number of nitrogens with one attached hydrogen (secondary N) is 1. The molecule has 0 spiro atoms. The second-order valence-corrected chi connectivity index (χ2v) is 5.56. The van der Waals surface area contributed by atoms with Gasteiger partial charge in [-0.15, -0.1) is 0 Å². The van der Waals surface area contributed by atoms with Crippen LogP contribution < -0.4 is 10.1 Å². The normalized spacial score (nSPS) is 12.0. The van der Waals surface area contributed by atoms with Crippen LogP contribution in [-0.4, -0.2) is 46.0 Å². The number of benzene rings is 1. The highest BCUT2D eigenvalue weighted by molar-refractivity contribution is 5.76. The van der Waals surface area contributed by atoms with Crippen molar-refractivity contribution in [3.63, 3.8) is 0 Å². The van der Waals surface area contributed by atoms with E-state index in [9.17, 15) is 4.79 Å². The maximum absolute atomic E-state index is 11.8. The maximum atomic E-state index is 11.8. The Balaban J connectivity index is 2.12. The molecule has 0 unspecified atom stereocenters. The van der Waals surface area contributed by atoms with Crippen LogP contribution >= 0.6 is 0 Å². The quantitative estimate of drug-likeness (QED) is 0.601. The van der Waals surface area contributed by atoms with Crippen LogP contribution in [0, 0.1) is 0 Å². The summed E-state index contributed by atoms with van der Waals surface area (Å²) < 4.78 is 15.4. The number of aryl methyl sites for hydroxylation is 1. The summed E-state index contributed by atoms with van der Waals surface area (Å²) >= 11 is 0. The number of carbonyl (C=O) groups is 1. The molecule has 1 atom stereocenters. The summed E-state index contributed by atoms with van der Waals surface area (Å²) in [5.41, 5.74) is 1.25. The molecule has 0 bridgehead atoms. The van der Waals surface area contributed by atoms with E-state index in [1.807, 2.05) is 19.1 Å². The number of hydrogen-bond donors (Lipinski definition) is 1. The van der Waals surface area contributed by atoms with Crippen molar-refractivity contribution < 1.29 is 19.0 Å². The van der Waals surface area contributed by atoms with E-state index >= 15 is 0 Å². The van der Waals surface area contributed by atoms with Gasteiger partial charge in [0.2, 0.25) is 5.91 Å². The minimum Gasteiger partial charge on any atom is -0.497 e. The zero-order chi connectivity index (χ0) is 16.9. The van der Waals surface area contributed by atoms with Crippen molar-refractivity contribution in [2.24, 2.45) is 0 Å². The maximum Gasteiger partial charge on any atom is 0.220 e. The van der Waals surface area contributed by atoms with E-state index in [0.717, 1.165) is 25.0 Å². The standard InChI is InChI=1S/C18H29NO4/c1-15(6-7-16-8-10-17(22-3)11-9-16)19-18(20)5-4-12-23-14-13-21-2/h8-11,15H,4-7,12-14H2,1-3H3,(H,19,20)/t15-/m0/s1. The van der Waals surface area contributed by atoms with Gasteiger partial charge in [0.05, 0.1) is 20.3 Å². The van der Waals surface area contributed by atoms with Crippen molar-refractivity contribution in [2.45, 2.75) is 38.6 Å². The number of hydrogen-bond acceptors (Lipinski definition) is 4. The summed E-state index contributed by atoms with van der Waals surface area (Å²) in [6.45, 7) is 3.80. The molecular weight excluding hydrogens is 294 g/mol. The molecule has 130 valence electrons. The van der Waals surface area contributed by atoms with Crippen LogP contribution in [-0.2, 0) is 20.7 Å². The lowest BCUT2D eigenvalue weighted by Crippen LogP contribution is -2.32. The van der Waals surface area contributed by atoms with Gasteiger partial charge in [0.25, 0.3) is 0 Å². The van der Waals surface area contributed by atoms with E-state index in [2.05, 4.69) is 17.4 Å². The Morgan fingerprint density at radius 1 is 1.13 bits per heavy atom. The minimum atomic E-state index is 0.0857. The Labute approximate surface area is 139 Å². The van der Waals surface area contributed by atoms with Crippen LogP contribution in [0.25, 0.3) is 0 Å². The molecule has 0 aliphatic heterocycles. The zero-order valence-electron chi connectivity index (χ0n) is 14.5. The van der Waals surface area contributed by atoms with Gasteiger partial charge in [0.15, 0.2) is 0 Å². The summed E-state index contributed by atoms with van der Waals surface area (Å²) in [6.07, 6.45) is 3.09. The fourth-order valence-corrected chi connectivity index (χ4v) is 2.17. The van der Waals surface area contributed by atoms with Crippen molar-refractivity contribution in [1.29, 1.82) is 0 Å². The van der Waals surface area contributed by atoms with E-state index in [-0.39, 0.29) is 11.9 Å². The molecule has 0 aromatic heterocycles. The zero-order valence-corrected chi connectivity index (χ0v) is 14.5. The van der Waals surface area contributed by atoms with Gasteiger partial charge in [0, 0.05) is 26.2 Å². The first-order chi connectivity index (χ1) is 11.2. The summed E-state index contributed by atoms with van der Waals surface area (Å²) in [5, 5.41) is 3.03. The molecule has 0 heterocycles. The third kappa shape index (κ3) is 9.21. The number of amides is 1. The largest absolute Gasteiger partial charge is 0.497 e. The molecule has 1 N–H and O–H groups in total. The van der Waals surface area contributed by atoms with Crippen LogP contribution in [0.2, 0.25) is 0 Å². The van der Waals surface area contributed by atoms with Gasteiger partial charge >= 0.3 is 0 Å². The van der Waals surface area contributed by atoms with Gasteiger partial charge in [-0.1, -0.05) is 12.1 Å².